The van der Waals surface area contributed by atoms with Gasteiger partial charge in [0.05, 0.1) is 13.2 Å². The van der Waals surface area contributed by atoms with E-state index in [2.05, 4.69) is 0 Å². The van der Waals surface area contributed by atoms with E-state index in [1.807, 2.05) is 6.08 Å². The number of hydrogen-bond acceptors (Lipinski definition) is 4. The Morgan fingerprint density at radius 3 is 2.65 bits per heavy atom. The first-order chi connectivity index (χ1) is 7.57. The van der Waals surface area contributed by atoms with Gasteiger partial charge in [-0.05, 0) is 26.2 Å². The first-order valence-corrected chi connectivity index (χ1v) is 5.41. The predicted octanol–water partition coefficient (Wildman–Crippen LogP) is -0.867. The molecule has 0 aromatic rings. The van der Waals surface area contributed by atoms with Crippen molar-refractivity contribution >= 4 is 5.91 Å². The summed E-state index contributed by atoms with van der Waals surface area (Å²) in [5, 5.41) is 17.5. The van der Waals surface area contributed by atoms with E-state index in [1.54, 1.807) is 6.92 Å². The highest BCUT2D eigenvalue weighted by molar-refractivity contribution is 5.91. The van der Waals surface area contributed by atoms with E-state index in [0.29, 0.717) is 12.2 Å². The van der Waals surface area contributed by atoms with Gasteiger partial charge in [0.15, 0.2) is 0 Å². The van der Waals surface area contributed by atoms with Crippen LogP contribution in [0.2, 0.25) is 0 Å². The zero-order valence-electron chi connectivity index (χ0n) is 10.2. The van der Waals surface area contributed by atoms with Gasteiger partial charge in [0.2, 0.25) is 5.91 Å². The van der Waals surface area contributed by atoms with Crippen LogP contribution in [0.5, 0.6) is 0 Å². The maximum Gasteiger partial charge on any atom is 0.244 e. The summed E-state index contributed by atoms with van der Waals surface area (Å²) in [6.07, 6.45) is 3.56. The molecule has 0 aromatic carbocycles. The number of unbranched alkanes of at least 4 members (excludes halogenated alkanes) is 2. The molecule has 1 atom stereocenters. The molecule has 102 valence electrons. The number of carbonyl (C=O) groups is 1. The number of allylic oxidation sites excluding steroid dienone is 1. The highest BCUT2D eigenvalue weighted by Crippen LogP contribution is 2.01. The lowest BCUT2D eigenvalue weighted by Crippen LogP contribution is -2.19. The van der Waals surface area contributed by atoms with Crippen LogP contribution in [0, 0.1) is 0 Å². The molecule has 0 aliphatic heterocycles. The van der Waals surface area contributed by atoms with E-state index in [1.165, 1.54) is 0 Å². The van der Waals surface area contributed by atoms with E-state index in [9.17, 15) is 4.79 Å². The summed E-state index contributed by atoms with van der Waals surface area (Å²) in [4.78, 5) is 10.7. The molecule has 1 unspecified atom stereocenters. The number of aliphatic hydroxyl groups is 2. The normalized spacial score (nSPS) is 13.0. The second-order valence-corrected chi connectivity index (χ2v) is 3.66. The molecule has 0 spiro atoms. The largest absolute Gasteiger partial charge is 0.412 e. The minimum Gasteiger partial charge on any atom is -0.412 e. The second kappa shape index (κ2) is 11.5. The fraction of sp³-hybridized carbons (Fsp3) is 0.727. The maximum atomic E-state index is 10.7. The average Bonchev–Trinajstić information content (AvgIpc) is 2.26. The Morgan fingerprint density at radius 1 is 1.47 bits per heavy atom. The molecule has 0 bridgehead atoms. The van der Waals surface area contributed by atoms with Crippen molar-refractivity contribution in [3.63, 3.8) is 0 Å². The number of amides is 1. The van der Waals surface area contributed by atoms with E-state index in [0.717, 1.165) is 19.3 Å². The van der Waals surface area contributed by atoms with Gasteiger partial charge in [-0.1, -0.05) is 6.08 Å². The fourth-order valence-electron chi connectivity index (χ4n) is 1.04. The third-order valence-electron chi connectivity index (χ3n) is 2.10. The smallest absolute Gasteiger partial charge is 0.244 e. The van der Waals surface area contributed by atoms with E-state index in [4.69, 9.17) is 20.7 Å². The highest BCUT2D eigenvalue weighted by Gasteiger charge is 2.00. The van der Waals surface area contributed by atoms with E-state index in [-0.39, 0.29) is 24.6 Å². The molecule has 6 nitrogen and oxygen atoms in total. The van der Waals surface area contributed by atoms with Gasteiger partial charge >= 0.3 is 0 Å². The monoisotopic (exact) mass is 249 g/mol. The Balaban J connectivity index is 0. The topological polar surface area (TPSA) is 124 Å². The van der Waals surface area contributed by atoms with Gasteiger partial charge < -0.3 is 26.2 Å². The standard InChI is InChI=1S/C11H21NO4.H2O/c1-9(11(12)15)5-3-2-4-6-16-8-10(14)7-13;/h5,10,13-14H,2-4,6-8H2,1H3,(H2,12,15);1H2. The van der Waals surface area contributed by atoms with Crippen LogP contribution in [-0.2, 0) is 9.53 Å². The molecular formula is C11H23NO5. The molecule has 17 heavy (non-hydrogen) atoms. The number of hydrogen-bond donors (Lipinski definition) is 3. The van der Waals surface area contributed by atoms with E-state index >= 15 is 0 Å². The average molecular weight is 249 g/mol. The molecule has 6 heteroatoms. The van der Waals surface area contributed by atoms with Crippen molar-refractivity contribution < 1.29 is 25.2 Å². The van der Waals surface area contributed by atoms with Gasteiger partial charge in [-0.15, -0.1) is 0 Å². The molecule has 0 saturated heterocycles. The van der Waals surface area contributed by atoms with Gasteiger partial charge in [-0.2, -0.15) is 0 Å². The minimum atomic E-state index is -0.794. The van der Waals surface area contributed by atoms with Gasteiger partial charge in [-0.25, -0.2) is 0 Å². The summed E-state index contributed by atoms with van der Waals surface area (Å²) in [7, 11) is 0. The van der Waals surface area contributed by atoms with Crippen molar-refractivity contribution in [2.45, 2.75) is 32.3 Å². The van der Waals surface area contributed by atoms with Crippen LogP contribution in [0.25, 0.3) is 0 Å². The molecule has 0 aliphatic rings. The van der Waals surface area contributed by atoms with Crippen molar-refractivity contribution in [1.82, 2.24) is 0 Å². The Hall–Kier alpha value is -0.950. The predicted molar refractivity (Wildman–Crippen MR) is 64.3 cm³/mol. The van der Waals surface area contributed by atoms with Crippen LogP contribution in [0.3, 0.4) is 0 Å². The van der Waals surface area contributed by atoms with Crippen molar-refractivity contribution in [3.8, 4) is 0 Å². The van der Waals surface area contributed by atoms with Crippen LogP contribution in [0.4, 0.5) is 0 Å². The van der Waals surface area contributed by atoms with Crippen LogP contribution in [0.15, 0.2) is 11.6 Å². The van der Waals surface area contributed by atoms with Crippen molar-refractivity contribution in [2.75, 3.05) is 19.8 Å². The highest BCUT2D eigenvalue weighted by atomic mass is 16.5. The summed E-state index contributed by atoms with van der Waals surface area (Å²) in [5.41, 5.74) is 5.64. The van der Waals surface area contributed by atoms with Crippen molar-refractivity contribution in [2.24, 2.45) is 5.73 Å². The third kappa shape index (κ3) is 11.3. The lowest BCUT2D eigenvalue weighted by molar-refractivity contribution is -0.114. The van der Waals surface area contributed by atoms with Crippen molar-refractivity contribution in [3.05, 3.63) is 11.6 Å². The Morgan fingerprint density at radius 2 is 2.12 bits per heavy atom. The number of ether oxygens (including phenoxy) is 1. The molecule has 0 aliphatic carbocycles. The third-order valence-corrected chi connectivity index (χ3v) is 2.10. The summed E-state index contributed by atoms with van der Waals surface area (Å²) < 4.78 is 5.12. The molecule has 1 amide bonds. The first kappa shape index (κ1) is 18.4. The Labute approximate surface area is 101 Å². The van der Waals surface area contributed by atoms with Gasteiger partial charge in [0.25, 0.3) is 0 Å². The van der Waals surface area contributed by atoms with E-state index < -0.39 is 6.10 Å². The zero-order valence-corrected chi connectivity index (χ0v) is 10.2. The van der Waals surface area contributed by atoms with Crippen molar-refractivity contribution in [1.29, 1.82) is 0 Å². The minimum absolute atomic E-state index is 0. The zero-order chi connectivity index (χ0) is 12.4. The Kier molecular flexibility index (Phi) is 12.5. The number of primary amides is 1. The molecule has 0 radical (unpaired) electrons. The first-order valence-electron chi connectivity index (χ1n) is 5.41. The number of nitrogens with two attached hydrogens (primary N) is 1. The second-order valence-electron chi connectivity index (χ2n) is 3.66. The van der Waals surface area contributed by atoms with Crippen LogP contribution < -0.4 is 5.73 Å². The van der Waals surface area contributed by atoms with Crippen LogP contribution in [-0.4, -0.2) is 47.5 Å². The molecule has 6 N–H and O–H groups in total. The summed E-state index contributed by atoms with van der Waals surface area (Å²) in [6, 6.07) is 0. The summed E-state index contributed by atoms with van der Waals surface area (Å²) in [5.74, 6) is -0.387. The SMILES string of the molecule is CC(=CCCCCOCC(O)CO)C(N)=O.O. The number of aliphatic hydroxyl groups excluding tert-OH is 2. The van der Waals surface area contributed by atoms with Crippen LogP contribution >= 0.6 is 0 Å². The molecule has 0 aromatic heterocycles. The molecular weight excluding hydrogens is 226 g/mol. The van der Waals surface area contributed by atoms with Gasteiger partial charge in [0, 0.05) is 12.2 Å². The Bertz CT molecular complexity index is 230. The molecule has 0 heterocycles. The number of rotatable bonds is 9. The lowest BCUT2D eigenvalue weighted by atomic mass is 10.2. The molecule has 0 rings (SSSR count). The van der Waals surface area contributed by atoms with Crippen LogP contribution in [0.1, 0.15) is 26.2 Å². The fourth-order valence-corrected chi connectivity index (χ4v) is 1.04. The summed E-state index contributed by atoms with van der Waals surface area (Å²) in [6.45, 7) is 2.12. The molecule has 0 saturated carbocycles. The quantitative estimate of drug-likeness (QED) is 0.363. The van der Waals surface area contributed by atoms with Gasteiger partial charge in [0.1, 0.15) is 6.10 Å². The maximum absolute atomic E-state index is 10.7. The molecule has 0 fully saturated rings. The van der Waals surface area contributed by atoms with Gasteiger partial charge in [-0.3, -0.25) is 4.79 Å². The summed E-state index contributed by atoms with van der Waals surface area (Å²) >= 11 is 0. The number of carbonyl (C=O) groups excluding carboxylic acids is 1. The lowest BCUT2D eigenvalue weighted by Gasteiger charge is -2.07.